The maximum absolute atomic E-state index is 5.14. The van der Waals surface area contributed by atoms with Gasteiger partial charge in [0.15, 0.2) is 0 Å². The second-order valence-corrected chi connectivity index (χ2v) is 5.17. The van der Waals surface area contributed by atoms with E-state index in [9.17, 15) is 0 Å². The Bertz CT molecular complexity index is 336. The van der Waals surface area contributed by atoms with Crippen LogP contribution in [0.15, 0.2) is 18.3 Å². The molecule has 0 aliphatic heterocycles. The Morgan fingerprint density at radius 1 is 1.41 bits per heavy atom. The summed E-state index contributed by atoms with van der Waals surface area (Å²) in [4.78, 5) is 6.91. The van der Waals surface area contributed by atoms with E-state index in [0.29, 0.717) is 6.04 Å². The molecule has 1 heterocycles. The molecule has 1 aromatic rings. The largest absolute Gasteiger partial charge is 0.495 e. The van der Waals surface area contributed by atoms with Crippen molar-refractivity contribution in [3.8, 4) is 5.75 Å². The highest BCUT2D eigenvalue weighted by molar-refractivity contribution is 9.09. The van der Waals surface area contributed by atoms with Crippen LogP contribution in [0.5, 0.6) is 5.75 Å². The van der Waals surface area contributed by atoms with Crippen molar-refractivity contribution in [2.75, 3.05) is 23.9 Å². The molecule has 0 amide bonds. The zero-order valence-electron chi connectivity index (χ0n) is 10.2. The second kappa shape index (κ2) is 6.24. The Balaban J connectivity index is 2.12. The molecule has 0 atom stereocenters. The minimum atomic E-state index is 0.661. The lowest BCUT2D eigenvalue weighted by atomic mass is 10.2. The first kappa shape index (κ1) is 12.7. The molecule has 1 fully saturated rings. The minimum Gasteiger partial charge on any atom is -0.495 e. The molecular formula is C13H19BrN2O. The summed E-state index contributed by atoms with van der Waals surface area (Å²) in [7, 11) is 1.67. The Morgan fingerprint density at radius 2 is 2.18 bits per heavy atom. The van der Waals surface area contributed by atoms with Gasteiger partial charge in [-0.15, -0.1) is 0 Å². The highest BCUT2D eigenvalue weighted by Crippen LogP contribution is 2.27. The summed E-state index contributed by atoms with van der Waals surface area (Å²) < 4.78 is 5.14. The number of alkyl halides is 1. The van der Waals surface area contributed by atoms with Gasteiger partial charge in [0.2, 0.25) is 0 Å². The number of pyridine rings is 1. The van der Waals surface area contributed by atoms with E-state index in [1.165, 1.54) is 25.7 Å². The zero-order valence-corrected chi connectivity index (χ0v) is 11.8. The summed E-state index contributed by atoms with van der Waals surface area (Å²) in [6.07, 6.45) is 7.08. The number of rotatable bonds is 5. The Hall–Kier alpha value is -0.770. The number of nitrogens with zero attached hydrogens (tertiary/aromatic N) is 2. The van der Waals surface area contributed by atoms with E-state index >= 15 is 0 Å². The number of anilines is 1. The molecular weight excluding hydrogens is 280 g/mol. The van der Waals surface area contributed by atoms with E-state index in [4.69, 9.17) is 4.74 Å². The number of aromatic nitrogens is 1. The average Bonchev–Trinajstić information content (AvgIpc) is 2.90. The lowest BCUT2D eigenvalue weighted by Gasteiger charge is -2.29. The summed E-state index contributed by atoms with van der Waals surface area (Å²) in [5.74, 6) is 1.89. The zero-order chi connectivity index (χ0) is 12.1. The van der Waals surface area contributed by atoms with E-state index in [0.717, 1.165) is 23.4 Å². The summed E-state index contributed by atoms with van der Waals surface area (Å²) in [5.41, 5.74) is 0. The van der Waals surface area contributed by atoms with Gasteiger partial charge in [-0.1, -0.05) is 28.8 Å². The molecule has 0 aromatic carbocycles. The average molecular weight is 299 g/mol. The van der Waals surface area contributed by atoms with Crippen LogP contribution in [0.25, 0.3) is 0 Å². The van der Waals surface area contributed by atoms with Crippen molar-refractivity contribution in [3.63, 3.8) is 0 Å². The van der Waals surface area contributed by atoms with Crippen molar-refractivity contribution in [2.45, 2.75) is 31.7 Å². The summed E-state index contributed by atoms with van der Waals surface area (Å²) in [6, 6.07) is 4.70. The molecule has 0 bridgehead atoms. The fourth-order valence-corrected chi connectivity index (χ4v) is 2.84. The highest BCUT2D eigenvalue weighted by atomic mass is 79.9. The molecule has 2 rings (SSSR count). The van der Waals surface area contributed by atoms with Gasteiger partial charge in [0, 0.05) is 17.9 Å². The monoisotopic (exact) mass is 298 g/mol. The maximum Gasteiger partial charge on any atom is 0.137 e. The molecule has 1 aliphatic rings. The molecule has 0 saturated heterocycles. The Morgan fingerprint density at radius 3 is 2.71 bits per heavy atom. The molecule has 0 radical (unpaired) electrons. The van der Waals surface area contributed by atoms with Gasteiger partial charge in [0.25, 0.3) is 0 Å². The highest BCUT2D eigenvalue weighted by Gasteiger charge is 2.23. The maximum atomic E-state index is 5.14. The summed E-state index contributed by atoms with van der Waals surface area (Å²) >= 11 is 3.53. The fraction of sp³-hybridized carbons (Fsp3) is 0.615. The smallest absolute Gasteiger partial charge is 0.137 e. The van der Waals surface area contributed by atoms with Crippen LogP contribution >= 0.6 is 15.9 Å². The Labute approximate surface area is 111 Å². The van der Waals surface area contributed by atoms with Crippen LogP contribution in [0.4, 0.5) is 5.82 Å². The number of methoxy groups -OCH3 is 1. The molecule has 1 aromatic heterocycles. The van der Waals surface area contributed by atoms with E-state index < -0.39 is 0 Å². The molecule has 3 nitrogen and oxygen atoms in total. The molecule has 0 unspecified atom stereocenters. The van der Waals surface area contributed by atoms with Crippen LogP contribution in [0.3, 0.4) is 0 Å². The molecule has 4 heteroatoms. The third-order valence-corrected chi connectivity index (χ3v) is 3.70. The number of hydrogen-bond acceptors (Lipinski definition) is 3. The molecule has 1 aliphatic carbocycles. The predicted molar refractivity (Wildman–Crippen MR) is 74.2 cm³/mol. The van der Waals surface area contributed by atoms with Crippen LogP contribution < -0.4 is 9.64 Å². The standard InChI is InChI=1S/C13H19BrN2O/c1-17-12-6-7-13(15-10-12)16(9-8-14)11-4-2-3-5-11/h6-7,10-11H,2-5,8-9H2,1H3. The van der Waals surface area contributed by atoms with Crippen molar-refractivity contribution >= 4 is 21.7 Å². The molecule has 17 heavy (non-hydrogen) atoms. The lowest BCUT2D eigenvalue weighted by molar-refractivity contribution is 0.412. The lowest BCUT2D eigenvalue weighted by Crippen LogP contribution is -2.35. The topological polar surface area (TPSA) is 25.4 Å². The second-order valence-electron chi connectivity index (χ2n) is 4.38. The minimum absolute atomic E-state index is 0.661. The molecule has 0 N–H and O–H groups in total. The van der Waals surface area contributed by atoms with Gasteiger partial charge < -0.3 is 9.64 Å². The fourth-order valence-electron chi connectivity index (χ4n) is 2.45. The first-order valence-electron chi connectivity index (χ1n) is 6.18. The molecule has 94 valence electrons. The normalized spacial score (nSPS) is 16.1. The van der Waals surface area contributed by atoms with Gasteiger partial charge in [-0.25, -0.2) is 4.98 Å². The summed E-state index contributed by atoms with van der Waals surface area (Å²) in [5, 5.41) is 0.983. The van der Waals surface area contributed by atoms with E-state index in [2.05, 4.69) is 31.9 Å². The third kappa shape index (κ3) is 3.12. The van der Waals surface area contributed by atoms with Gasteiger partial charge in [-0.2, -0.15) is 0 Å². The van der Waals surface area contributed by atoms with Crippen molar-refractivity contribution in [1.82, 2.24) is 4.98 Å². The summed E-state index contributed by atoms with van der Waals surface area (Å²) in [6.45, 7) is 1.02. The van der Waals surface area contributed by atoms with Crippen LogP contribution in [0.2, 0.25) is 0 Å². The van der Waals surface area contributed by atoms with Crippen molar-refractivity contribution < 1.29 is 4.74 Å². The van der Waals surface area contributed by atoms with Crippen LogP contribution in [-0.4, -0.2) is 30.0 Å². The SMILES string of the molecule is COc1ccc(N(CCBr)C2CCCC2)nc1. The first-order chi connectivity index (χ1) is 8.35. The number of hydrogen-bond donors (Lipinski definition) is 0. The van der Waals surface area contributed by atoms with Gasteiger partial charge >= 0.3 is 0 Å². The van der Waals surface area contributed by atoms with E-state index in [1.54, 1.807) is 13.3 Å². The van der Waals surface area contributed by atoms with Crippen LogP contribution in [0, 0.1) is 0 Å². The molecule has 0 spiro atoms. The quantitative estimate of drug-likeness (QED) is 0.781. The van der Waals surface area contributed by atoms with Crippen LogP contribution in [0.1, 0.15) is 25.7 Å². The van der Waals surface area contributed by atoms with Gasteiger partial charge in [-0.3, -0.25) is 0 Å². The first-order valence-corrected chi connectivity index (χ1v) is 7.30. The number of halogens is 1. The predicted octanol–water partition coefficient (Wildman–Crippen LogP) is 3.23. The number of ether oxygens (including phenoxy) is 1. The van der Waals surface area contributed by atoms with E-state index in [-0.39, 0.29) is 0 Å². The van der Waals surface area contributed by atoms with E-state index in [1.807, 2.05) is 6.07 Å². The van der Waals surface area contributed by atoms with Gasteiger partial charge in [0.05, 0.1) is 13.3 Å². The molecule has 1 saturated carbocycles. The van der Waals surface area contributed by atoms with Crippen molar-refractivity contribution in [3.05, 3.63) is 18.3 Å². The van der Waals surface area contributed by atoms with Crippen LogP contribution in [-0.2, 0) is 0 Å². The van der Waals surface area contributed by atoms with Gasteiger partial charge in [0.1, 0.15) is 11.6 Å². The Kier molecular flexibility index (Phi) is 4.66. The van der Waals surface area contributed by atoms with Crippen molar-refractivity contribution in [2.24, 2.45) is 0 Å². The van der Waals surface area contributed by atoms with Crippen molar-refractivity contribution in [1.29, 1.82) is 0 Å². The van der Waals surface area contributed by atoms with Gasteiger partial charge in [-0.05, 0) is 25.0 Å². The third-order valence-electron chi connectivity index (χ3n) is 3.34.